The fraction of sp³-hybridized carbons (Fsp3) is 0.100. The Balaban J connectivity index is 2.53. The van der Waals surface area contributed by atoms with E-state index >= 15 is 0 Å². The Morgan fingerprint density at radius 2 is 1.83 bits per heavy atom. The van der Waals surface area contributed by atoms with E-state index in [4.69, 9.17) is 10.2 Å². The first kappa shape index (κ1) is 17.3. The number of nitrogens with zero attached hydrogens (tertiary/aromatic N) is 3. The van der Waals surface area contributed by atoms with Crippen molar-refractivity contribution in [3.63, 3.8) is 0 Å². The third kappa shape index (κ3) is 3.82. The zero-order chi connectivity index (χ0) is 17.4. The SMILES string of the molecule is Cn1nc(S(N)(=O)=O)s/c1=N/S(=O)(=O)c1ccc(C(=O)O)cc1. The second-order valence-electron chi connectivity index (χ2n) is 4.22. The smallest absolute Gasteiger partial charge is 0.335 e. The highest BCUT2D eigenvalue weighted by Crippen LogP contribution is 2.14. The average Bonchev–Trinajstić information content (AvgIpc) is 2.80. The molecule has 0 fully saturated rings. The van der Waals surface area contributed by atoms with Gasteiger partial charge in [0.2, 0.25) is 9.14 Å². The monoisotopic (exact) mass is 378 g/mol. The molecule has 0 radical (unpaired) electrons. The molecular weight excluding hydrogens is 368 g/mol. The van der Waals surface area contributed by atoms with Gasteiger partial charge in [-0.2, -0.15) is 8.42 Å². The fourth-order valence-corrected chi connectivity index (χ4v) is 4.22. The molecule has 13 heteroatoms. The lowest BCUT2D eigenvalue weighted by Gasteiger charge is -1.99. The minimum atomic E-state index is -4.16. The lowest BCUT2D eigenvalue weighted by Crippen LogP contribution is -2.15. The van der Waals surface area contributed by atoms with Crippen molar-refractivity contribution in [3.05, 3.63) is 34.6 Å². The number of primary sulfonamides is 1. The predicted molar refractivity (Wildman–Crippen MR) is 78.6 cm³/mol. The quantitative estimate of drug-likeness (QED) is 0.697. The van der Waals surface area contributed by atoms with E-state index in [0.717, 1.165) is 28.9 Å². The molecule has 0 unspecified atom stereocenters. The predicted octanol–water partition coefficient (Wildman–Crippen LogP) is -0.883. The molecule has 1 aromatic heterocycles. The summed E-state index contributed by atoms with van der Waals surface area (Å²) in [7, 11) is -6.93. The largest absolute Gasteiger partial charge is 0.478 e. The van der Waals surface area contributed by atoms with E-state index in [1.54, 1.807) is 0 Å². The summed E-state index contributed by atoms with van der Waals surface area (Å²) in [6, 6.07) is 4.41. The van der Waals surface area contributed by atoms with Crippen LogP contribution in [0.4, 0.5) is 0 Å². The maximum Gasteiger partial charge on any atom is 0.335 e. The Labute approximate surface area is 134 Å². The third-order valence-corrected chi connectivity index (χ3v) is 6.23. The molecule has 2 rings (SSSR count). The van der Waals surface area contributed by atoms with Crippen LogP contribution in [0.25, 0.3) is 0 Å². The van der Waals surface area contributed by atoms with E-state index in [9.17, 15) is 21.6 Å². The molecule has 0 aliphatic heterocycles. The van der Waals surface area contributed by atoms with Gasteiger partial charge in [0.15, 0.2) is 0 Å². The standard InChI is InChI=1S/C10H10N4O6S3/c1-14-9(21-10(12-14)22(11,17)18)13-23(19,20)7-4-2-6(3-5-7)8(15)16/h2-5H,1H3,(H,15,16)(H2,11,17,18)/b13-9+. The van der Waals surface area contributed by atoms with E-state index in [1.165, 1.54) is 7.05 Å². The zero-order valence-corrected chi connectivity index (χ0v) is 13.9. The number of hydrogen-bond acceptors (Lipinski definition) is 7. The zero-order valence-electron chi connectivity index (χ0n) is 11.4. The molecule has 0 saturated carbocycles. The molecule has 0 atom stereocenters. The van der Waals surface area contributed by atoms with Gasteiger partial charge in [-0.25, -0.2) is 23.0 Å². The molecule has 1 aromatic carbocycles. The Kier molecular flexibility index (Phi) is 4.39. The fourth-order valence-electron chi connectivity index (χ4n) is 1.45. The summed E-state index contributed by atoms with van der Waals surface area (Å²) in [6.45, 7) is 0. The molecule has 10 nitrogen and oxygen atoms in total. The van der Waals surface area contributed by atoms with E-state index in [-0.39, 0.29) is 15.3 Å². The molecular formula is C10H10N4O6S3. The average molecular weight is 378 g/mol. The minimum Gasteiger partial charge on any atom is -0.478 e. The van der Waals surface area contributed by atoms with Crippen molar-refractivity contribution in [2.75, 3.05) is 0 Å². The second kappa shape index (κ2) is 5.84. The van der Waals surface area contributed by atoms with E-state index < -0.39 is 30.4 Å². The van der Waals surface area contributed by atoms with Crippen LogP contribution in [-0.2, 0) is 27.1 Å². The number of aromatic carboxylic acids is 1. The maximum absolute atomic E-state index is 12.2. The normalized spacial score (nSPS) is 13.2. The molecule has 2 aromatic rings. The van der Waals surface area contributed by atoms with Crippen molar-refractivity contribution in [1.82, 2.24) is 9.78 Å². The second-order valence-corrected chi connectivity index (χ2v) is 8.51. The third-order valence-electron chi connectivity index (χ3n) is 2.53. The van der Waals surface area contributed by atoms with Gasteiger partial charge < -0.3 is 5.11 Å². The number of aromatic nitrogens is 2. The summed E-state index contributed by atoms with van der Waals surface area (Å²) in [5.41, 5.74) is -0.0798. The van der Waals surface area contributed by atoms with Crippen LogP contribution in [0.15, 0.2) is 37.9 Å². The van der Waals surface area contributed by atoms with Gasteiger partial charge in [0.25, 0.3) is 20.0 Å². The van der Waals surface area contributed by atoms with Gasteiger partial charge in [-0.3, -0.25) is 0 Å². The highest BCUT2D eigenvalue weighted by atomic mass is 32.2. The molecule has 124 valence electrons. The number of aryl methyl sites for hydroxylation is 1. The molecule has 0 bridgehead atoms. The minimum absolute atomic E-state index is 0.0798. The summed E-state index contributed by atoms with van der Waals surface area (Å²) in [5, 5.41) is 17.3. The first-order valence-electron chi connectivity index (χ1n) is 5.72. The van der Waals surface area contributed by atoms with E-state index in [1.807, 2.05) is 0 Å². The van der Waals surface area contributed by atoms with Crippen molar-refractivity contribution < 1.29 is 26.7 Å². The summed E-state index contributed by atoms with van der Waals surface area (Å²) in [5.74, 6) is -1.20. The molecule has 0 aliphatic carbocycles. The lowest BCUT2D eigenvalue weighted by atomic mass is 10.2. The van der Waals surface area contributed by atoms with Crippen LogP contribution in [0.3, 0.4) is 0 Å². The number of carboxylic acids is 1. The Morgan fingerprint density at radius 3 is 2.26 bits per heavy atom. The van der Waals surface area contributed by atoms with Gasteiger partial charge in [-0.05, 0) is 24.3 Å². The van der Waals surface area contributed by atoms with Gasteiger partial charge >= 0.3 is 5.97 Å². The Morgan fingerprint density at radius 1 is 1.26 bits per heavy atom. The van der Waals surface area contributed by atoms with E-state index in [0.29, 0.717) is 11.3 Å². The number of carboxylic acid groups (broad SMARTS) is 1. The first-order chi connectivity index (χ1) is 10.5. The Bertz CT molecular complexity index is 1030. The molecule has 0 aliphatic rings. The van der Waals surface area contributed by atoms with Crippen LogP contribution < -0.4 is 9.94 Å². The van der Waals surface area contributed by atoms with Gasteiger partial charge in [-0.1, -0.05) is 11.3 Å². The summed E-state index contributed by atoms with van der Waals surface area (Å²) in [4.78, 5) is 10.3. The van der Waals surface area contributed by atoms with Gasteiger partial charge in [0, 0.05) is 7.05 Å². The molecule has 3 N–H and O–H groups in total. The number of carbonyl (C=O) groups is 1. The van der Waals surface area contributed by atoms with Crippen LogP contribution in [0, 0.1) is 0 Å². The highest BCUT2D eigenvalue weighted by molar-refractivity contribution is 7.91. The topological polar surface area (TPSA) is 162 Å². The number of nitrogens with two attached hydrogens (primary N) is 1. The van der Waals surface area contributed by atoms with Crippen molar-refractivity contribution in [2.24, 2.45) is 16.6 Å². The van der Waals surface area contributed by atoms with Gasteiger partial charge in [-0.15, -0.1) is 9.50 Å². The van der Waals surface area contributed by atoms with Crippen molar-refractivity contribution in [3.8, 4) is 0 Å². The lowest BCUT2D eigenvalue weighted by molar-refractivity contribution is 0.0696. The number of sulfonamides is 2. The molecule has 0 amide bonds. The molecule has 0 saturated heterocycles. The van der Waals surface area contributed by atoms with Gasteiger partial charge in [0.05, 0.1) is 10.5 Å². The number of rotatable bonds is 4. The van der Waals surface area contributed by atoms with Crippen molar-refractivity contribution in [2.45, 2.75) is 9.24 Å². The molecule has 1 heterocycles. The van der Waals surface area contributed by atoms with Crippen molar-refractivity contribution in [1.29, 1.82) is 0 Å². The molecule has 23 heavy (non-hydrogen) atoms. The van der Waals surface area contributed by atoms with Gasteiger partial charge in [0.1, 0.15) is 0 Å². The van der Waals surface area contributed by atoms with Crippen molar-refractivity contribution >= 4 is 37.4 Å². The Hall–Kier alpha value is -2.09. The maximum atomic E-state index is 12.2. The summed E-state index contributed by atoms with van der Waals surface area (Å²) in [6.07, 6.45) is 0. The van der Waals surface area contributed by atoms with Crippen LogP contribution in [-0.4, -0.2) is 37.7 Å². The highest BCUT2D eigenvalue weighted by Gasteiger charge is 2.18. The number of benzene rings is 1. The van der Waals surface area contributed by atoms with Crippen LogP contribution in [0.2, 0.25) is 0 Å². The summed E-state index contributed by atoms with van der Waals surface area (Å²) < 4.78 is 50.7. The van der Waals surface area contributed by atoms with Crippen LogP contribution in [0.5, 0.6) is 0 Å². The van der Waals surface area contributed by atoms with Crippen LogP contribution >= 0.6 is 11.3 Å². The van der Waals surface area contributed by atoms with E-state index in [2.05, 4.69) is 9.50 Å². The summed E-state index contributed by atoms with van der Waals surface area (Å²) >= 11 is 0.495. The number of hydrogen-bond donors (Lipinski definition) is 2. The van der Waals surface area contributed by atoms with Crippen LogP contribution in [0.1, 0.15) is 10.4 Å². The first-order valence-corrected chi connectivity index (χ1v) is 9.52. The molecule has 0 spiro atoms.